The lowest BCUT2D eigenvalue weighted by Crippen LogP contribution is -2.39. The lowest BCUT2D eigenvalue weighted by atomic mass is 9.82. The van der Waals surface area contributed by atoms with Gasteiger partial charge in [0.15, 0.2) is 0 Å². The zero-order valence-electron chi connectivity index (χ0n) is 16.8. The van der Waals surface area contributed by atoms with Crippen LogP contribution in [0.2, 0.25) is 0 Å². The molecule has 2 atom stereocenters. The van der Waals surface area contributed by atoms with E-state index in [9.17, 15) is 32.8 Å². The number of fused-ring (bicyclic) bond motifs is 1. The van der Waals surface area contributed by atoms with Crippen LogP contribution in [-0.2, 0) is 25.3 Å². The highest BCUT2D eigenvalue weighted by molar-refractivity contribution is 8.04. The Labute approximate surface area is 184 Å². The normalized spacial score (nSPS) is 20.8. The van der Waals surface area contributed by atoms with Crippen LogP contribution in [0.25, 0.3) is 0 Å². The van der Waals surface area contributed by atoms with Crippen molar-refractivity contribution < 1.29 is 32.3 Å². The standard InChI is InChI=1S/C20H17F3N4O4S/c1-26-17(29)15-14(9-3-5-10(6-4-9)20(21,22)23)11(8-24)16(25)27-18(30)12(32-19(15)27)7-13(28)31-2/h3-6,12,14H,7,25H2,1-2H3,(H,26,29)/t12-,14-/m1/s1. The van der Waals surface area contributed by atoms with Gasteiger partial charge in [-0.05, 0) is 17.7 Å². The Hall–Kier alpha value is -3.46. The smallest absolute Gasteiger partial charge is 0.416 e. The number of nitrogens with zero attached hydrogens (tertiary/aromatic N) is 2. The third-order valence-electron chi connectivity index (χ3n) is 5.02. The molecule has 1 aromatic carbocycles. The number of amides is 2. The third-order valence-corrected chi connectivity index (χ3v) is 6.30. The van der Waals surface area contributed by atoms with Crippen molar-refractivity contribution >= 4 is 29.5 Å². The van der Waals surface area contributed by atoms with Crippen LogP contribution in [0.4, 0.5) is 13.2 Å². The maximum Gasteiger partial charge on any atom is 0.416 e. The summed E-state index contributed by atoms with van der Waals surface area (Å²) in [6.07, 6.45) is -4.85. The van der Waals surface area contributed by atoms with Crippen LogP contribution in [-0.4, -0.2) is 42.1 Å². The Morgan fingerprint density at radius 2 is 1.94 bits per heavy atom. The highest BCUT2D eigenvalue weighted by Crippen LogP contribution is 2.50. The number of likely N-dealkylation sites (N-methyl/N-ethyl adjacent to an activating group) is 1. The molecule has 1 fully saturated rings. The molecule has 1 aromatic rings. The topological polar surface area (TPSA) is 126 Å². The first kappa shape index (κ1) is 23.2. The molecule has 8 nitrogen and oxygen atoms in total. The Balaban J connectivity index is 2.18. The van der Waals surface area contributed by atoms with Crippen molar-refractivity contribution in [1.82, 2.24) is 10.2 Å². The van der Waals surface area contributed by atoms with Crippen molar-refractivity contribution in [2.24, 2.45) is 5.73 Å². The van der Waals surface area contributed by atoms with Gasteiger partial charge in [0, 0.05) is 7.05 Å². The van der Waals surface area contributed by atoms with Crippen molar-refractivity contribution in [3.05, 3.63) is 57.4 Å². The van der Waals surface area contributed by atoms with E-state index in [-0.39, 0.29) is 34.0 Å². The van der Waals surface area contributed by atoms with Crippen LogP contribution >= 0.6 is 11.8 Å². The van der Waals surface area contributed by atoms with Crippen LogP contribution in [0.5, 0.6) is 0 Å². The van der Waals surface area contributed by atoms with Crippen LogP contribution in [0.3, 0.4) is 0 Å². The first-order valence-electron chi connectivity index (χ1n) is 9.15. The Morgan fingerprint density at radius 3 is 2.44 bits per heavy atom. The second-order valence-electron chi connectivity index (χ2n) is 6.82. The molecule has 2 aliphatic rings. The van der Waals surface area contributed by atoms with Gasteiger partial charge in [0.05, 0.1) is 47.3 Å². The maximum atomic E-state index is 13.0. The molecular formula is C20H17F3N4O4S. The van der Waals surface area contributed by atoms with E-state index in [2.05, 4.69) is 10.1 Å². The average molecular weight is 466 g/mol. The quantitative estimate of drug-likeness (QED) is 0.650. The van der Waals surface area contributed by atoms with Gasteiger partial charge in [-0.15, -0.1) is 0 Å². The summed E-state index contributed by atoms with van der Waals surface area (Å²) in [5.41, 5.74) is 5.24. The van der Waals surface area contributed by atoms with Gasteiger partial charge in [-0.1, -0.05) is 23.9 Å². The molecule has 32 heavy (non-hydrogen) atoms. The number of methoxy groups -OCH3 is 1. The molecule has 2 heterocycles. The second kappa shape index (κ2) is 8.58. The first-order valence-corrected chi connectivity index (χ1v) is 10.0. The lowest BCUT2D eigenvalue weighted by molar-refractivity contribution is -0.142. The van der Waals surface area contributed by atoms with Gasteiger partial charge in [0.2, 0.25) is 5.91 Å². The summed E-state index contributed by atoms with van der Waals surface area (Å²) in [6.45, 7) is 0. The van der Waals surface area contributed by atoms with Gasteiger partial charge in [-0.2, -0.15) is 18.4 Å². The number of hydrogen-bond acceptors (Lipinski definition) is 7. The van der Waals surface area contributed by atoms with Gasteiger partial charge >= 0.3 is 12.1 Å². The number of nitriles is 1. The van der Waals surface area contributed by atoms with E-state index in [4.69, 9.17) is 5.73 Å². The zero-order valence-corrected chi connectivity index (χ0v) is 17.6. The molecule has 0 aromatic heterocycles. The second-order valence-corrected chi connectivity index (χ2v) is 8.01. The van der Waals surface area contributed by atoms with Crippen LogP contribution in [0.15, 0.2) is 46.3 Å². The first-order chi connectivity index (χ1) is 15.0. The molecular weight excluding hydrogens is 449 g/mol. The number of halogens is 3. The molecule has 168 valence electrons. The molecule has 0 saturated carbocycles. The van der Waals surface area contributed by atoms with E-state index < -0.39 is 40.7 Å². The van der Waals surface area contributed by atoms with E-state index in [1.807, 2.05) is 6.07 Å². The highest BCUT2D eigenvalue weighted by atomic mass is 32.2. The van der Waals surface area contributed by atoms with Crippen molar-refractivity contribution in [3.63, 3.8) is 0 Å². The summed E-state index contributed by atoms with van der Waals surface area (Å²) in [6, 6.07) is 5.87. The van der Waals surface area contributed by atoms with Crippen LogP contribution in [0, 0.1) is 11.3 Å². The number of carbonyl (C=O) groups excluding carboxylic acids is 3. The maximum absolute atomic E-state index is 13.0. The summed E-state index contributed by atoms with van der Waals surface area (Å²) in [7, 11) is 2.50. The lowest BCUT2D eigenvalue weighted by Gasteiger charge is -2.32. The fourth-order valence-electron chi connectivity index (χ4n) is 3.48. The van der Waals surface area contributed by atoms with E-state index >= 15 is 0 Å². The number of allylic oxidation sites excluding steroid dienone is 1. The van der Waals surface area contributed by atoms with Crippen LogP contribution in [0.1, 0.15) is 23.5 Å². The monoisotopic (exact) mass is 466 g/mol. The van der Waals surface area contributed by atoms with E-state index in [0.29, 0.717) is 0 Å². The minimum atomic E-state index is -4.56. The number of alkyl halides is 3. The SMILES string of the molecule is CNC(=O)C1=C2S[C@H](CC(=O)OC)C(=O)N2C(N)=C(C#N)[C@H]1c1ccc(C(F)(F)F)cc1. The number of esters is 1. The van der Waals surface area contributed by atoms with E-state index in [0.717, 1.165) is 48.0 Å². The Morgan fingerprint density at radius 1 is 1.31 bits per heavy atom. The number of rotatable bonds is 4. The van der Waals surface area contributed by atoms with Crippen molar-refractivity contribution in [2.45, 2.75) is 23.8 Å². The molecule has 1 saturated heterocycles. The molecule has 0 radical (unpaired) electrons. The fraction of sp³-hybridized carbons (Fsp3) is 0.300. The van der Waals surface area contributed by atoms with Gasteiger partial charge in [-0.25, -0.2) is 0 Å². The Bertz CT molecular complexity index is 1090. The fourth-order valence-corrected chi connectivity index (χ4v) is 4.80. The number of benzene rings is 1. The van der Waals surface area contributed by atoms with Gasteiger partial charge < -0.3 is 15.8 Å². The van der Waals surface area contributed by atoms with Gasteiger partial charge in [0.25, 0.3) is 5.91 Å². The third kappa shape index (κ3) is 3.91. The van der Waals surface area contributed by atoms with Crippen molar-refractivity contribution in [3.8, 4) is 6.07 Å². The summed E-state index contributed by atoms with van der Waals surface area (Å²) < 4.78 is 43.5. The van der Waals surface area contributed by atoms with Crippen molar-refractivity contribution in [1.29, 1.82) is 5.26 Å². The largest absolute Gasteiger partial charge is 0.469 e. The summed E-state index contributed by atoms with van der Waals surface area (Å²) in [5, 5.41) is 11.4. The molecule has 0 unspecified atom stereocenters. The molecule has 3 N–H and O–H groups in total. The predicted octanol–water partition coefficient (Wildman–Crippen LogP) is 1.96. The minimum Gasteiger partial charge on any atom is -0.469 e. The number of nitrogens with two attached hydrogens (primary N) is 1. The number of hydrogen-bond donors (Lipinski definition) is 2. The van der Waals surface area contributed by atoms with Crippen LogP contribution < -0.4 is 11.1 Å². The average Bonchev–Trinajstić information content (AvgIpc) is 3.08. The number of nitrogens with one attached hydrogen (secondary N) is 1. The summed E-state index contributed by atoms with van der Waals surface area (Å²) in [4.78, 5) is 38.4. The summed E-state index contributed by atoms with van der Waals surface area (Å²) in [5.74, 6) is -3.25. The van der Waals surface area contributed by atoms with Gasteiger partial charge in [-0.3, -0.25) is 19.3 Å². The molecule has 0 aliphatic carbocycles. The number of ether oxygens (including phenoxy) is 1. The zero-order chi connectivity index (χ0) is 23.8. The molecule has 2 aliphatic heterocycles. The molecule has 3 rings (SSSR count). The predicted molar refractivity (Wildman–Crippen MR) is 107 cm³/mol. The number of carbonyl (C=O) groups is 3. The molecule has 0 spiro atoms. The Kier molecular flexibility index (Phi) is 6.23. The van der Waals surface area contributed by atoms with E-state index in [1.54, 1.807) is 0 Å². The molecule has 12 heteroatoms. The number of thioether (sulfide) groups is 1. The van der Waals surface area contributed by atoms with Crippen molar-refractivity contribution in [2.75, 3.05) is 14.2 Å². The van der Waals surface area contributed by atoms with E-state index in [1.165, 1.54) is 7.05 Å². The molecule has 2 amide bonds. The highest BCUT2D eigenvalue weighted by Gasteiger charge is 2.48. The molecule has 0 bridgehead atoms. The summed E-state index contributed by atoms with van der Waals surface area (Å²) >= 11 is 0.911. The van der Waals surface area contributed by atoms with Gasteiger partial charge in [0.1, 0.15) is 11.1 Å². The minimum absolute atomic E-state index is 0.0243.